The second-order valence-electron chi connectivity index (χ2n) is 6.29. The van der Waals surface area contributed by atoms with Crippen LogP contribution in [0, 0.1) is 0 Å². The van der Waals surface area contributed by atoms with Crippen LogP contribution in [0.5, 0.6) is 11.5 Å². The predicted octanol–water partition coefficient (Wildman–Crippen LogP) is 2.47. The van der Waals surface area contributed by atoms with Gasteiger partial charge in [0.15, 0.2) is 0 Å². The van der Waals surface area contributed by atoms with E-state index in [0.29, 0.717) is 47.5 Å². The lowest BCUT2D eigenvalue weighted by molar-refractivity contribution is 0.450. The average Bonchev–Trinajstić information content (AvgIpc) is 2.72. The topological polar surface area (TPSA) is 89.9 Å². The van der Waals surface area contributed by atoms with E-state index in [2.05, 4.69) is 20.0 Å². The smallest absolute Gasteiger partial charge is 0.131 e. The van der Waals surface area contributed by atoms with E-state index in [1.54, 1.807) is 24.9 Å². The Bertz CT molecular complexity index is 971. The van der Waals surface area contributed by atoms with Crippen LogP contribution in [0.4, 0.5) is 0 Å². The van der Waals surface area contributed by atoms with Crippen LogP contribution in [0.15, 0.2) is 31.4 Å². The molecule has 144 valence electrons. The number of phenols is 2. The van der Waals surface area contributed by atoms with Gasteiger partial charge in [-0.15, -0.1) is 0 Å². The second-order valence-corrected chi connectivity index (χ2v) is 6.29. The van der Waals surface area contributed by atoms with Crippen LogP contribution in [0.25, 0.3) is 24.3 Å². The molecule has 28 heavy (non-hydrogen) atoms. The molecule has 1 aromatic carbocycles. The Hall–Kier alpha value is -3.28. The number of phenolic OH excluding ortho intramolecular Hbond substituents is 2. The molecule has 2 aliphatic carbocycles. The number of allylic oxidation sites excluding steroid dienone is 2. The Morgan fingerprint density at radius 2 is 1.18 bits per heavy atom. The van der Waals surface area contributed by atoms with Gasteiger partial charge in [0.1, 0.15) is 11.5 Å². The van der Waals surface area contributed by atoms with Crippen LogP contribution in [-0.4, -0.2) is 48.2 Å². The molecule has 0 saturated carbocycles. The standard InChI is InChI=1S/C22H24N4O2/c1-3-23-9-11-25-15-5-7-17-19(13-15)21(27)18-8-6-16(14-20(18)22(17)28)26-12-10-24-4-2/h7-14,27-28H,3-6H2,1-2H3. The van der Waals surface area contributed by atoms with E-state index >= 15 is 0 Å². The molecule has 0 spiro atoms. The zero-order valence-electron chi connectivity index (χ0n) is 16.1. The minimum absolute atomic E-state index is 0.153. The first-order chi connectivity index (χ1) is 13.7. The van der Waals surface area contributed by atoms with E-state index in [-0.39, 0.29) is 11.5 Å². The molecule has 0 saturated heterocycles. The van der Waals surface area contributed by atoms with Crippen LogP contribution in [0.2, 0.25) is 0 Å². The third-order valence-corrected chi connectivity index (χ3v) is 4.44. The highest BCUT2D eigenvalue weighted by molar-refractivity contribution is 6.16. The summed E-state index contributed by atoms with van der Waals surface area (Å²) in [6, 6.07) is 0. The van der Waals surface area contributed by atoms with Crippen molar-refractivity contribution in [1.29, 1.82) is 0 Å². The molecule has 0 heterocycles. The highest BCUT2D eigenvalue weighted by Gasteiger charge is 2.18. The summed E-state index contributed by atoms with van der Waals surface area (Å²) in [7, 11) is 0. The molecule has 1 aromatic rings. The van der Waals surface area contributed by atoms with Gasteiger partial charge in [-0.1, -0.05) is 12.2 Å². The first-order valence-electron chi connectivity index (χ1n) is 9.40. The van der Waals surface area contributed by atoms with Crippen LogP contribution in [0.1, 0.15) is 37.8 Å². The largest absolute Gasteiger partial charge is 0.507 e. The molecule has 0 fully saturated rings. The van der Waals surface area contributed by atoms with Crippen LogP contribution < -0.4 is 10.4 Å². The Kier molecular flexibility index (Phi) is 6.32. The number of aliphatic imine (C=N–C) groups is 4. The van der Waals surface area contributed by atoms with E-state index in [9.17, 15) is 10.2 Å². The van der Waals surface area contributed by atoms with Crippen molar-refractivity contribution in [2.75, 3.05) is 13.1 Å². The number of benzene rings is 1. The number of hydrogen-bond donors (Lipinski definition) is 2. The monoisotopic (exact) mass is 376 g/mol. The molecule has 0 aliphatic heterocycles. The third-order valence-electron chi connectivity index (χ3n) is 4.44. The fraction of sp³-hybridized carbons (Fsp3) is 0.273. The van der Waals surface area contributed by atoms with Crippen LogP contribution in [0.3, 0.4) is 0 Å². The zero-order valence-corrected chi connectivity index (χ0v) is 16.1. The fourth-order valence-electron chi connectivity index (χ4n) is 3.11. The minimum Gasteiger partial charge on any atom is -0.507 e. The van der Waals surface area contributed by atoms with Crippen molar-refractivity contribution in [3.05, 3.63) is 33.0 Å². The normalized spacial score (nSPS) is 16.2. The molecule has 2 N–H and O–H groups in total. The molecular weight excluding hydrogens is 352 g/mol. The number of aromatic hydroxyl groups is 2. The van der Waals surface area contributed by atoms with E-state index in [0.717, 1.165) is 11.4 Å². The molecule has 0 atom stereocenters. The summed E-state index contributed by atoms with van der Waals surface area (Å²) in [4.78, 5) is 16.9. The first kappa shape index (κ1) is 19.5. The SMILES string of the molecule is CCN=CC=NC1=Cc2c(O)c3c(c(O)c2=CC1)C=C(N=CC=NCC)CC=3. The first-order valence-corrected chi connectivity index (χ1v) is 9.40. The van der Waals surface area contributed by atoms with E-state index in [1.165, 1.54) is 0 Å². The second kappa shape index (κ2) is 9.08. The van der Waals surface area contributed by atoms with Gasteiger partial charge in [0, 0.05) is 83.7 Å². The molecule has 0 bridgehead atoms. The number of nitrogens with zero attached hydrogens (tertiary/aromatic N) is 4. The molecule has 3 rings (SSSR count). The van der Waals surface area contributed by atoms with Crippen molar-refractivity contribution in [3.8, 4) is 11.5 Å². The molecular formula is C22H24N4O2. The maximum Gasteiger partial charge on any atom is 0.131 e. The van der Waals surface area contributed by atoms with Crippen LogP contribution >= 0.6 is 0 Å². The lowest BCUT2D eigenvalue weighted by atomic mass is 9.93. The van der Waals surface area contributed by atoms with E-state index in [1.807, 2.05) is 38.2 Å². The van der Waals surface area contributed by atoms with Crippen molar-refractivity contribution in [2.45, 2.75) is 26.7 Å². The van der Waals surface area contributed by atoms with Gasteiger partial charge >= 0.3 is 0 Å². The van der Waals surface area contributed by atoms with E-state index in [4.69, 9.17) is 0 Å². The molecule has 6 nitrogen and oxygen atoms in total. The maximum absolute atomic E-state index is 10.8. The van der Waals surface area contributed by atoms with Gasteiger partial charge in [-0.25, -0.2) is 0 Å². The number of rotatable bonds is 6. The molecule has 0 unspecified atom stereocenters. The van der Waals surface area contributed by atoms with E-state index < -0.39 is 0 Å². The maximum atomic E-state index is 10.8. The highest BCUT2D eigenvalue weighted by atomic mass is 16.3. The summed E-state index contributed by atoms with van der Waals surface area (Å²) in [5.41, 5.74) is 2.79. The highest BCUT2D eigenvalue weighted by Crippen LogP contribution is 2.28. The van der Waals surface area contributed by atoms with Gasteiger partial charge in [0.05, 0.1) is 0 Å². The number of hydrogen-bond acceptors (Lipinski definition) is 6. The predicted molar refractivity (Wildman–Crippen MR) is 118 cm³/mol. The van der Waals surface area contributed by atoms with Crippen molar-refractivity contribution < 1.29 is 10.2 Å². The fourth-order valence-corrected chi connectivity index (χ4v) is 3.11. The number of fused-ring (bicyclic) bond motifs is 2. The van der Waals surface area contributed by atoms with Crippen molar-refractivity contribution >= 4 is 49.2 Å². The Morgan fingerprint density at radius 1 is 0.750 bits per heavy atom. The summed E-state index contributed by atoms with van der Waals surface area (Å²) < 4.78 is 0. The van der Waals surface area contributed by atoms with Gasteiger partial charge in [0.25, 0.3) is 0 Å². The summed E-state index contributed by atoms with van der Waals surface area (Å²) in [6.07, 6.45) is 15.1. The molecule has 0 amide bonds. The summed E-state index contributed by atoms with van der Waals surface area (Å²) in [5, 5.41) is 22.8. The Morgan fingerprint density at radius 3 is 1.57 bits per heavy atom. The van der Waals surface area contributed by atoms with Gasteiger partial charge in [-0.2, -0.15) is 0 Å². The molecule has 2 aliphatic rings. The van der Waals surface area contributed by atoms with Crippen molar-refractivity contribution in [3.63, 3.8) is 0 Å². The average molecular weight is 376 g/mol. The molecule has 0 aromatic heterocycles. The van der Waals surface area contributed by atoms with Crippen molar-refractivity contribution in [2.24, 2.45) is 20.0 Å². The van der Waals surface area contributed by atoms with Gasteiger partial charge < -0.3 is 10.2 Å². The van der Waals surface area contributed by atoms with Crippen LogP contribution in [-0.2, 0) is 0 Å². The Balaban J connectivity index is 2.00. The summed E-state index contributed by atoms with van der Waals surface area (Å²) >= 11 is 0. The molecule has 6 heteroatoms. The van der Waals surface area contributed by atoms with Gasteiger partial charge in [-0.3, -0.25) is 20.0 Å². The van der Waals surface area contributed by atoms with Gasteiger partial charge in [-0.05, 0) is 26.0 Å². The summed E-state index contributed by atoms with van der Waals surface area (Å²) in [6.45, 7) is 5.33. The van der Waals surface area contributed by atoms with Crippen molar-refractivity contribution in [1.82, 2.24) is 0 Å². The molecule has 0 radical (unpaired) electrons. The quantitative estimate of drug-likeness (QED) is 0.590. The summed E-state index contributed by atoms with van der Waals surface area (Å²) in [5.74, 6) is 0.306. The minimum atomic E-state index is 0.153. The lowest BCUT2D eigenvalue weighted by Crippen LogP contribution is -2.21. The van der Waals surface area contributed by atoms with Gasteiger partial charge in [0.2, 0.25) is 0 Å². The lowest BCUT2D eigenvalue weighted by Gasteiger charge is -2.16. The third kappa shape index (κ3) is 4.17. The zero-order chi connectivity index (χ0) is 19.9. The Labute approximate surface area is 164 Å².